The first-order valence-corrected chi connectivity index (χ1v) is 11.5. The molecule has 3 heterocycles. The van der Waals surface area contributed by atoms with Crippen molar-refractivity contribution >= 4 is 17.2 Å². The van der Waals surface area contributed by atoms with Gasteiger partial charge in [-0.25, -0.2) is 14.6 Å². The van der Waals surface area contributed by atoms with Gasteiger partial charge in [0.1, 0.15) is 0 Å². The van der Waals surface area contributed by atoms with Crippen molar-refractivity contribution < 1.29 is 4.79 Å². The van der Waals surface area contributed by atoms with Gasteiger partial charge in [0.2, 0.25) is 0 Å². The van der Waals surface area contributed by atoms with E-state index in [0.29, 0.717) is 24.0 Å². The van der Waals surface area contributed by atoms with Crippen molar-refractivity contribution in [3.63, 3.8) is 0 Å². The van der Waals surface area contributed by atoms with Crippen LogP contribution in [0.2, 0.25) is 0 Å². The maximum atomic E-state index is 12.9. The number of hydrogen-bond donors (Lipinski definition) is 1. The second-order valence-corrected chi connectivity index (χ2v) is 8.54. The summed E-state index contributed by atoms with van der Waals surface area (Å²) < 4.78 is 1.76. The maximum Gasteiger partial charge on any atom is 0.254 e. The Morgan fingerprint density at radius 1 is 1.30 bits per heavy atom. The molecule has 1 saturated carbocycles. The molecule has 8 heteroatoms. The van der Waals surface area contributed by atoms with Crippen molar-refractivity contribution in [2.75, 3.05) is 26.2 Å². The van der Waals surface area contributed by atoms with Gasteiger partial charge < -0.3 is 10.2 Å². The Balaban J connectivity index is 1.60. The van der Waals surface area contributed by atoms with Crippen LogP contribution in [0.25, 0.3) is 16.5 Å². The van der Waals surface area contributed by atoms with Crippen LogP contribution in [0.1, 0.15) is 54.2 Å². The van der Waals surface area contributed by atoms with Gasteiger partial charge in [0.05, 0.1) is 28.0 Å². The molecule has 1 aliphatic carbocycles. The van der Waals surface area contributed by atoms with Crippen LogP contribution in [0.4, 0.5) is 0 Å². The zero-order valence-corrected chi connectivity index (χ0v) is 18.6. The predicted octanol–water partition coefficient (Wildman–Crippen LogP) is 3.65. The SMILES string of the molecule is CCN(CC)CCNC(=O)c1cnn(-c2ncc(C)c(-c3cccs3)n2)c1C1CC1. The van der Waals surface area contributed by atoms with E-state index in [1.54, 1.807) is 22.2 Å². The average Bonchev–Trinajstić information content (AvgIpc) is 3.27. The smallest absolute Gasteiger partial charge is 0.254 e. The molecule has 0 atom stereocenters. The van der Waals surface area contributed by atoms with E-state index in [0.717, 1.165) is 54.3 Å². The summed E-state index contributed by atoms with van der Waals surface area (Å²) in [5.41, 5.74) is 3.50. The van der Waals surface area contributed by atoms with Gasteiger partial charge in [-0.05, 0) is 49.9 Å². The minimum absolute atomic E-state index is 0.0686. The highest BCUT2D eigenvalue weighted by molar-refractivity contribution is 7.13. The molecule has 7 nitrogen and oxygen atoms in total. The third kappa shape index (κ3) is 4.29. The van der Waals surface area contributed by atoms with Crippen LogP contribution in [-0.4, -0.2) is 56.7 Å². The Morgan fingerprint density at radius 3 is 2.77 bits per heavy atom. The van der Waals surface area contributed by atoms with Crippen molar-refractivity contribution in [1.29, 1.82) is 0 Å². The summed E-state index contributed by atoms with van der Waals surface area (Å²) >= 11 is 1.65. The Hall–Kier alpha value is -2.58. The zero-order valence-electron chi connectivity index (χ0n) is 17.8. The van der Waals surface area contributed by atoms with Gasteiger partial charge in [0.15, 0.2) is 0 Å². The molecule has 0 radical (unpaired) electrons. The van der Waals surface area contributed by atoms with Gasteiger partial charge in [0.25, 0.3) is 11.9 Å². The van der Waals surface area contributed by atoms with E-state index in [1.165, 1.54) is 0 Å². The number of thiophene rings is 1. The number of hydrogen-bond acceptors (Lipinski definition) is 6. The first-order chi connectivity index (χ1) is 14.6. The number of carbonyl (C=O) groups excluding carboxylic acids is 1. The molecule has 30 heavy (non-hydrogen) atoms. The number of aromatic nitrogens is 4. The lowest BCUT2D eigenvalue weighted by molar-refractivity contribution is 0.0948. The van der Waals surface area contributed by atoms with Gasteiger partial charge in [0, 0.05) is 25.2 Å². The number of amides is 1. The number of nitrogens with one attached hydrogen (secondary N) is 1. The normalized spacial score (nSPS) is 13.7. The van der Waals surface area contributed by atoms with Crippen LogP contribution in [0.3, 0.4) is 0 Å². The molecular weight excluding hydrogens is 396 g/mol. The largest absolute Gasteiger partial charge is 0.351 e. The topological polar surface area (TPSA) is 75.9 Å². The molecule has 3 aromatic rings. The van der Waals surface area contributed by atoms with Crippen LogP contribution in [0.5, 0.6) is 0 Å². The first-order valence-electron chi connectivity index (χ1n) is 10.6. The van der Waals surface area contributed by atoms with E-state index in [-0.39, 0.29) is 5.91 Å². The molecule has 158 valence electrons. The van der Waals surface area contributed by atoms with Crippen molar-refractivity contribution in [3.05, 3.63) is 46.7 Å². The quantitative estimate of drug-likeness (QED) is 0.567. The molecule has 1 N–H and O–H groups in total. The van der Waals surface area contributed by atoms with Crippen LogP contribution < -0.4 is 5.32 Å². The van der Waals surface area contributed by atoms with Crippen LogP contribution >= 0.6 is 11.3 Å². The lowest BCUT2D eigenvalue weighted by atomic mass is 10.1. The highest BCUT2D eigenvalue weighted by Gasteiger charge is 2.33. The summed E-state index contributed by atoms with van der Waals surface area (Å²) in [6.07, 6.45) is 5.62. The minimum Gasteiger partial charge on any atom is -0.351 e. The standard InChI is InChI=1S/C22H28N6OS/c1-4-27(5-2)11-10-23-21(29)17-14-25-28(20(17)16-8-9-16)22-24-13-15(3)19(26-22)18-7-6-12-30-18/h6-7,12-14,16H,4-5,8-11H2,1-3H3,(H,23,29). The number of carbonyl (C=O) groups is 1. The fraction of sp³-hybridized carbons (Fsp3) is 0.455. The van der Waals surface area contributed by atoms with E-state index in [9.17, 15) is 4.79 Å². The third-order valence-corrected chi connectivity index (χ3v) is 6.40. The fourth-order valence-corrected chi connectivity index (χ4v) is 4.38. The molecule has 0 saturated heterocycles. The van der Waals surface area contributed by atoms with E-state index < -0.39 is 0 Å². The van der Waals surface area contributed by atoms with E-state index >= 15 is 0 Å². The molecule has 0 bridgehead atoms. The Labute approximate surface area is 181 Å². The number of likely N-dealkylation sites (N-methyl/N-ethyl adjacent to an activating group) is 1. The zero-order chi connectivity index (χ0) is 21.1. The highest BCUT2D eigenvalue weighted by atomic mass is 32.1. The number of nitrogens with zero attached hydrogens (tertiary/aromatic N) is 5. The van der Waals surface area contributed by atoms with Gasteiger partial charge in [-0.1, -0.05) is 19.9 Å². The lowest BCUT2D eigenvalue weighted by Gasteiger charge is -2.18. The van der Waals surface area contributed by atoms with Crippen LogP contribution in [-0.2, 0) is 0 Å². The van der Waals surface area contributed by atoms with Crippen molar-refractivity contribution in [2.45, 2.75) is 39.5 Å². The summed E-state index contributed by atoms with van der Waals surface area (Å²) in [5.74, 6) is 0.792. The molecule has 0 aliphatic heterocycles. The monoisotopic (exact) mass is 424 g/mol. The first kappa shape index (κ1) is 20.7. The fourth-order valence-electron chi connectivity index (χ4n) is 3.60. The summed E-state index contributed by atoms with van der Waals surface area (Å²) in [4.78, 5) is 25.6. The summed E-state index contributed by atoms with van der Waals surface area (Å²) in [5, 5.41) is 9.62. The Morgan fingerprint density at radius 2 is 2.10 bits per heavy atom. The third-order valence-electron chi connectivity index (χ3n) is 5.53. The van der Waals surface area contributed by atoms with E-state index in [2.05, 4.69) is 40.2 Å². The maximum absolute atomic E-state index is 12.9. The van der Waals surface area contributed by atoms with Crippen molar-refractivity contribution in [1.82, 2.24) is 30.0 Å². The van der Waals surface area contributed by atoms with Gasteiger partial charge in [-0.15, -0.1) is 11.3 Å². The second-order valence-electron chi connectivity index (χ2n) is 7.59. The molecule has 3 aromatic heterocycles. The van der Waals surface area contributed by atoms with Crippen LogP contribution in [0, 0.1) is 6.92 Å². The molecule has 1 amide bonds. The molecule has 1 fully saturated rings. The van der Waals surface area contributed by atoms with Crippen molar-refractivity contribution in [2.24, 2.45) is 0 Å². The predicted molar refractivity (Wildman–Crippen MR) is 119 cm³/mol. The number of aryl methyl sites for hydroxylation is 1. The summed E-state index contributed by atoms with van der Waals surface area (Å²) in [7, 11) is 0. The Kier molecular flexibility index (Phi) is 6.24. The molecule has 0 aromatic carbocycles. The van der Waals surface area contributed by atoms with Gasteiger partial charge >= 0.3 is 0 Å². The molecule has 1 aliphatic rings. The lowest BCUT2D eigenvalue weighted by Crippen LogP contribution is -2.35. The molecule has 0 unspecified atom stereocenters. The molecule has 4 rings (SSSR count). The van der Waals surface area contributed by atoms with Crippen molar-refractivity contribution in [3.8, 4) is 16.5 Å². The average molecular weight is 425 g/mol. The van der Waals surface area contributed by atoms with E-state index in [4.69, 9.17) is 4.98 Å². The van der Waals surface area contributed by atoms with E-state index in [1.807, 2.05) is 24.6 Å². The van der Waals surface area contributed by atoms with Gasteiger partial charge in [-0.2, -0.15) is 5.10 Å². The highest BCUT2D eigenvalue weighted by Crippen LogP contribution is 2.42. The summed E-state index contributed by atoms with van der Waals surface area (Å²) in [6.45, 7) is 9.71. The number of rotatable bonds is 9. The van der Waals surface area contributed by atoms with Gasteiger partial charge in [-0.3, -0.25) is 4.79 Å². The molecular formula is C22H28N6OS. The second kappa shape index (κ2) is 9.06. The Bertz CT molecular complexity index is 1000. The summed E-state index contributed by atoms with van der Waals surface area (Å²) in [6, 6.07) is 4.08. The van der Waals surface area contributed by atoms with Crippen LogP contribution in [0.15, 0.2) is 29.9 Å². The molecule has 0 spiro atoms. The minimum atomic E-state index is -0.0686.